The van der Waals surface area contributed by atoms with Crippen LogP contribution in [0, 0.1) is 5.82 Å². The van der Waals surface area contributed by atoms with Gasteiger partial charge in [-0.15, -0.1) is 0 Å². The maximum absolute atomic E-state index is 13.0. The van der Waals surface area contributed by atoms with E-state index in [0.717, 1.165) is 5.56 Å². The minimum Gasteiger partial charge on any atom is -0.351 e. The minimum atomic E-state index is -0.421. The van der Waals surface area contributed by atoms with E-state index < -0.39 is 5.82 Å². The molecule has 0 aromatic heterocycles. The Morgan fingerprint density at radius 1 is 1.14 bits per heavy atom. The average Bonchev–Trinajstić information content (AvgIpc) is 2.49. The van der Waals surface area contributed by atoms with Crippen molar-refractivity contribution in [2.45, 2.75) is 5.75 Å². The predicted octanol–water partition coefficient (Wildman–Crippen LogP) is 4.80. The molecule has 0 heterocycles. The van der Waals surface area contributed by atoms with E-state index in [4.69, 9.17) is 23.2 Å². The van der Waals surface area contributed by atoms with Gasteiger partial charge in [0, 0.05) is 33.7 Å². The summed E-state index contributed by atoms with van der Waals surface area (Å²) < 4.78 is 13.0. The van der Waals surface area contributed by atoms with Crippen LogP contribution in [0.4, 0.5) is 4.39 Å². The third-order valence-corrected chi connectivity index (χ3v) is 4.62. The first-order chi connectivity index (χ1) is 10.6. The first-order valence-electron chi connectivity index (χ1n) is 6.62. The number of halogens is 3. The van der Waals surface area contributed by atoms with Gasteiger partial charge in [0.2, 0.25) is 0 Å². The fraction of sp³-hybridized carbons (Fsp3) is 0.188. The van der Waals surface area contributed by atoms with Gasteiger partial charge in [-0.05, 0) is 35.9 Å². The van der Waals surface area contributed by atoms with Crippen molar-refractivity contribution in [3.63, 3.8) is 0 Å². The molecule has 0 radical (unpaired) electrons. The van der Waals surface area contributed by atoms with Crippen molar-refractivity contribution in [2.24, 2.45) is 0 Å². The molecule has 0 aliphatic carbocycles. The van der Waals surface area contributed by atoms with Crippen molar-refractivity contribution in [3.8, 4) is 0 Å². The lowest BCUT2D eigenvalue weighted by atomic mass is 10.2. The maximum atomic E-state index is 13.0. The van der Waals surface area contributed by atoms with E-state index in [-0.39, 0.29) is 5.91 Å². The molecule has 0 saturated heterocycles. The van der Waals surface area contributed by atoms with E-state index in [1.54, 1.807) is 36.0 Å². The molecule has 116 valence electrons. The fourth-order valence-electron chi connectivity index (χ4n) is 1.81. The Hall–Kier alpha value is -1.23. The molecule has 0 spiro atoms. The Morgan fingerprint density at radius 2 is 1.82 bits per heavy atom. The summed E-state index contributed by atoms with van der Waals surface area (Å²) in [6, 6.07) is 11.0. The third-order valence-electron chi connectivity index (χ3n) is 2.93. The summed E-state index contributed by atoms with van der Waals surface area (Å²) in [5.41, 5.74) is 1.21. The highest BCUT2D eigenvalue weighted by molar-refractivity contribution is 7.98. The van der Waals surface area contributed by atoms with E-state index in [9.17, 15) is 9.18 Å². The number of nitrogens with one attached hydrogen (secondary N) is 1. The van der Waals surface area contributed by atoms with Crippen molar-refractivity contribution < 1.29 is 9.18 Å². The number of hydrogen-bond donors (Lipinski definition) is 1. The second kappa shape index (κ2) is 8.42. The smallest absolute Gasteiger partial charge is 0.251 e. The Balaban J connectivity index is 1.75. The molecule has 1 N–H and O–H groups in total. The molecular formula is C16H14Cl2FNOS. The number of carbonyl (C=O) groups is 1. The summed E-state index contributed by atoms with van der Waals surface area (Å²) in [4.78, 5) is 11.8. The van der Waals surface area contributed by atoms with Gasteiger partial charge >= 0.3 is 0 Å². The Morgan fingerprint density at radius 3 is 2.50 bits per heavy atom. The van der Waals surface area contributed by atoms with Gasteiger partial charge in [-0.1, -0.05) is 35.3 Å². The number of rotatable bonds is 6. The molecule has 2 rings (SSSR count). The summed E-state index contributed by atoms with van der Waals surface area (Å²) in [6.45, 7) is 0.488. The minimum absolute atomic E-state index is 0.282. The summed E-state index contributed by atoms with van der Waals surface area (Å²) in [6.07, 6.45) is 0. The summed E-state index contributed by atoms with van der Waals surface area (Å²) in [5.74, 6) is 0.683. The van der Waals surface area contributed by atoms with Gasteiger partial charge < -0.3 is 5.32 Å². The highest BCUT2D eigenvalue weighted by Crippen LogP contribution is 2.27. The molecule has 2 aromatic rings. The zero-order valence-electron chi connectivity index (χ0n) is 11.6. The van der Waals surface area contributed by atoms with Crippen LogP contribution in [-0.2, 0) is 5.75 Å². The SMILES string of the molecule is O=C(NCCSCc1c(Cl)cccc1Cl)c1cccc(F)c1. The summed E-state index contributed by atoms with van der Waals surface area (Å²) in [7, 11) is 0. The lowest BCUT2D eigenvalue weighted by Crippen LogP contribution is -2.25. The van der Waals surface area contributed by atoms with Gasteiger partial charge in [-0.25, -0.2) is 4.39 Å². The predicted molar refractivity (Wildman–Crippen MR) is 91.4 cm³/mol. The van der Waals surface area contributed by atoms with Crippen molar-refractivity contribution in [1.29, 1.82) is 0 Å². The number of hydrogen-bond acceptors (Lipinski definition) is 2. The first-order valence-corrected chi connectivity index (χ1v) is 8.53. The summed E-state index contributed by atoms with van der Waals surface area (Å²) in [5, 5.41) is 4.03. The summed E-state index contributed by atoms with van der Waals surface area (Å²) >= 11 is 13.8. The molecule has 0 unspecified atom stereocenters. The number of carbonyl (C=O) groups excluding carboxylic acids is 1. The number of thioether (sulfide) groups is 1. The Labute approximate surface area is 143 Å². The largest absolute Gasteiger partial charge is 0.351 e. The zero-order valence-corrected chi connectivity index (χ0v) is 13.9. The second-order valence-electron chi connectivity index (χ2n) is 4.52. The van der Waals surface area contributed by atoms with Crippen LogP contribution in [0.25, 0.3) is 0 Å². The fourth-order valence-corrected chi connectivity index (χ4v) is 3.41. The quantitative estimate of drug-likeness (QED) is 0.752. The monoisotopic (exact) mass is 357 g/mol. The van der Waals surface area contributed by atoms with E-state index >= 15 is 0 Å². The van der Waals surface area contributed by atoms with Gasteiger partial charge in [-0.3, -0.25) is 4.79 Å². The van der Waals surface area contributed by atoms with Crippen LogP contribution in [0.15, 0.2) is 42.5 Å². The number of amides is 1. The van der Waals surface area contributed by atoms with Crippen LogP contribution in [-0.4, -0.2) is 18.2 Å². The normalized spacial score (nSPS) is 10.5. The van der Waals surface area contributed by atoms with Gasteiger partial charge in [0.15, 0.2) is 0 Å². The standard InChI is InChI=1S/C16H14Cl2FNOS/c17-14-5-2-6-15(18)13(14)10-22-8-7-20-16(21)11-3-1-4-12(19)9-11/h1-6,9H,7-8,10H2,(H,20,21). The van der Waals surface area contributed by atoms with Crippen LogP contribution < -0.4 is 5.32 Å². The van der Waals surface area contributed by atoms with Gasteiger partial charge in [0.1, 0.15) is 5.82 Å². The molecule has 2 aromatic carbocycles. The van der Waals surface area contributed by atoms with Gasteiger partial charge in [-0.2, -0.15) is 11.8 Å². The highest BCUT2D eigenvalue weighted by atomic mass is 35.5. The first kappa shape index (κ1) is 17.1. The van der Waals surface area contributed by atoms with Crippen LogP contribution >= 0.6 is 35.0 Å². The van der Waals surface area contributed by atoms with Crippen molar-refractivity contribution >= 4 is 40.9 Å². The molecule has 1 amide bonds. The molecule has 0 saturated carbocycles. The van der Waals surface area contributed by atoms with Crippen LogP contribution in [0.2, 0.25) is 10.0 Å². The maximum Gasteiger partial charge on any atom is 0.251 e. The van der Waals surface area contributed by atoms with Gasteiger partial charge in [0.25, 0.3) is 5.91 Å². The van der Waals surface area contributed by atoms with Crippen molar-refractivity contribution in [1.82, 2.24) is 5.32 Å². The topological polar surface area (TPSA) is 29.1 Å². The van der Waals surface area contributed by atoms with E-state index in [2.05, 4.69) is 5.32 Å². The van der Waals surface area contributed by atoms with E-state index in [0.29, 0.717) is 33.7 Å². The van der Waals surface area contributed by atoms with Crippen LogP contribution in [0.3, 0.4) is 0 Å². The van der Waals surface area contributed by atoms with Crippen molar-refractivity contribution in [3.05, 3.63) is 69.5 Å². The third kappa shape index (κ3) is 4.90. The zero-order chi connectivity index (χ0) is 15.9. The Kier molecular flexibility index (Phi) is 6.55. The second-order valence-corrected chi connectivity index (χ2v) is 6.44. The Bertz CT molecular complexity index is 646. The lowest BCUT2D eigenvalue weighted by molar-refractivity contribution is 0.0955. The van der Waals surface area contributed by atoms with E-state index in [1.165, 1.54) is 18.2 Å². The molecule has 2 nitrogen and oxygen atoms in total. The van der Waals surface area contributed by atoms with Crippen LogP contribution in [0.5, 0.6) is 0 Å². The van der Waals surface area contributed by atoms with Crippen molar-refractivity contribution in [2.75, 3.05) is 12.3 Å². The molecule has 0 bridgehead atoms. The molecule has 0 aliphatic heterocycles. The highest BCUT2D eigenvalue weighted by Gasteiger charge is 2.07. The average molecular weight is 358 g/mol. The number of benzene rings is 2. The molecule has 6 heteroatoms. The molecule has 22 heavy (non-hydrogen) atoms. The lowest BCUT2D eigenvalue weighted by Gasteiger charge is -2.08. The molecular weight excluding hydrogens is 344 g/mol. The van der Waals surface area contributed by atoms with E-state index in [1.807, 2.05) is 0 Å². The molecule has 0 aliphatic rings. The molecule has 0 fully saturated rings. The molecule has 0 atom stereocenters. The van der Waals surface area contributed by atoms with Gasteiger partial charge in [0.05, 0.1) is 0 Å². The van der Waals surface area contributed by atoms with Crippen LogP contribution in [0.1, 0.15) is 15.9 Å².